The number of aryl methyl sites for hydroxylation is 1. The van der Waals surface area contributed by atoms with E-state index in [4.69, 9.17) is 16.3 Å². The van der Waals surface area contributed by atoms with E-state index in [-0.39, 0.29) is 5.78 Å². The normalized spacial score (nSPS) is 11.8. The van der Waals surface area contributed by atoms with E-state index in [2.05, 4.69) is 9.98 Å². The molecule has 0 unspecified atom stereocenters. The zero-order chi connectivity index (χ0) is 17.3. The fourth-order valence-electron chi connectivity index (χ4n) is 2.40. The van der Waals surface area contributed by atoms with Crippen LogP contribution in [0, 0.1) is 6.92 Å². The molecule has 0 N–H and O–H groups in total. The van der Waals surface area contributed by atoms with Crippen LogP contribution < -0.4 is 10.2 Å². The van der Waals surface area contributed by atoms with Gasteiger partial charge in [0.1, 0.15) is 17.1 Å². The Bertz CT molecular complexity index is 1010. The Morgan fingerprint density at radius 2 is 2.08 bits per heavy atom. The molecular weight excluding hydrogens is 326 g/mol. The van der Waals surface area contributed by atoms with Gasteiger partial charge in [0.05, 0.1) is 17.7 Å². The molecule has 0 radical (unpaired) electrons. The van der Waals surface area contributed by atoms with Crippen molar-refractivity contribution in [1.29, 1.82) is 0 Å². The van der Waals surface area contributed by atoms with E-state index in [1.807, 2.05) is 37.3 Å². The van der Waals surface area contributed by atoms with Gasteiger partial charge in [0.25, 0.3) is 0 Å². The lowest BCUT2D eigenvalue weighted by atomic mass is 10.2. The highest BCUT2D eigenvalue weighted by molar-refractivity contribution is 6.31. The van der Waals surface area contributed by atoms with Gasteiger partial charge in [0.2, 0.25) is 0 Å². The van der Waals surface area contributed by atoms with Crippen LogP contribution in [0.25, 0.3) is 5.65 Å². The van der Waals surface area contributed by atoms with Gasteiger partial charge in [-0.05, 0) is 37.6 Å². The van der Waals surface area contributed by atoms with Crippen molar-refractivity contribution in [3.05, 3.63) is 64.4 Å². The van der Waals surface area contributed by atoms with Crippen molar-refractivity contribution < 1.29 is 9.53 Å². The molecule has 0 saturated carbocycles. The first-order valence-corrected chi connectivity index (χ1v) is 7.75. The first-order valence-electron chi connectivity index (χ1n) is 7.37. The van der Waals surface area contributed by atoms with Crippen LogP contribution in [0.4, 0.5) is 5.69 Å². The maximum absolute atomic E-state index is 12.0. The molecule has 3 aromatic rings. The number of aromatic nitrogens is 2. The number of benzene rings is 1. The third kappa shape index (κ3) is 2.90. The summed E-state index contributed by atoms with van der Waals surface area (Å²) in [6.07, 6.45) is 3.26. The molecule has 0 spiro atoms. The molecule has 2 aromatic heterocycles. The second kappa shape index (κ2) is 6.45. The molecule has 2 heterocycles. The first-order chi connectivity index (χ1) is 11.5. The topological polar surface area (TPSA) is 56.0 Å². The maximum Gasteiger partial charge on any atom is 0.165 e. The van der Waals surface area contributed by atoms with E-state index >= 15 is 0 Å². The summed E-state index contributed by atoms with van der Waals surface area (Å²) in [4.78, 5) is 21.0. The van der Waals surface area contributed by atoms with Crippen molar-refractivity contribution in [1.82, 2.24) is 9.38 Å². The van der Waals surface area contributed by atoms with Crippen LogP contribution in [-0.2, 0) is 0 Å². The van der Waals surface area contributed by atoms with E-state index in [0.29, 0.717) is 33.2 Å². The number of fused-ring (bicyclic) bond motifs is 1. The standard InChI is InChI=1S/C18H16ClN3O2/c1-11-8-17-20-9-13(12(2)23)18(22(17)10-14(11)19)21-15-6-4-5-7-16(15)24-3/h4-10H,1-3H3. The molecule has 24 heavy (non-hydrogen) atoms. The summed E-state index contributed by atoms with van der Waals surface area (Å²) in [6.45, 7) is 3.39. The van der Waals surface area contributed by atoms with Gasteiger partial charge in [0, 0.05) is 12.4 Å². The number of rotatable bonds is 3. The number of carbonyl (C=O) groups is 1. The first kappa shape index (κ1) is 16.2. The predicted octanol–water partition coefficient (Wildman–Crippen LogP) is 3.74. The Morgan fingerprint density at radius 1 is 1.33 bits per heavy atom. The van der Waals surface area contributed by atoms with Crippen LogP contribution in [0.15, 0.2) is 47.7 Å². The van der Waals surface area contributed by atoms with Crippen molar-refractivity contribution in [2.45, 2.75) is 13.8 Å². The molecule has 0 bridgehead atoms. The van der Waals surface area contributed by atoms with Crippen molar-refractivity contribution in [2.24, 2.45) is 4.99 Å². The minimum atomic E-state index is -0.123. The van der Waals surface area contributed by atoms with Gasteiger partial charge in [-0.25, -0.2) is 9.98 Å². The van der Waals surface area contributed by atoms with Gasteiger partial charge in [-0.1, -0.05) is 23.7 Å². The zero-order valence-electron chi connectivity index (χ0n) is 13.6. The van der Waals surface area contributed by atoms with Crippen LogP contribution >= 0.6 is 11.6 Å². The summed E-state index contributed by atoms with van der Waals surface area (Å²) in [5.74, 6) is 0.498. The molecule has 6 heteroatoms. The van der Waals surface area contributed by atoms with Crippen LogP contribution in [-0.4, -0.2) is 22.3 Å². The number of hydrogen-bond acceptors (Lipinski definition) is 4. The monoisotopic (exact) mass is 341 g/mol. The summed E-state index contributed by atoms with van der Waals surface area (Å²) < 4.78 is 7.06. The number of hydrogen-bond donors (Lipinski definition) is 0. The quantitative estimate of drug-likeness (QED) is 0.682. The Balaban J connectivity index is 2.43. The Kier molecular flexibility index (Phi) is 4.36. The Morgan fingerprint density at radius 3 is 2.79 bits per heavy atom. The highest BCUT2D eigenvalue weighted by Gasteiger charge is 2.10. The second-order valence-electron chi connectivity index (χ2n) is 5.37. The summed E-state index contributed by atoms with van der Waals surface area (Å²) in [7, 11) is 1.58. The number of pyridine rings is 1. The SMILES string of the molecule is COc1ccccc1N=c1c(C(C)=O)cnc2cc(C)c(Cl)cn12. The minimum Gasteiger partial charge on any atom is -0.494 e. The van der Waals surface area contributed by atoms with Gasteiger partial charge >= 0.3 is 0 Å². The number of ether oxygens (including phenoxy) is 1. The van der Waals surface area contributed by atoms with Gasteiger partial charge in [-0.3, -0.25) is 9.20 Å². The van der Waals surface area contributed by atoms with Crippen molar-refractivity contribution in [2.75, 3.05) is 7.11 Å². The highest BCUT2D eigenvalue weighted by Crippen LogP contribution is 2.25. The summed E-state index contributed by atoms with van der Waals surface area (Å²) in [6, 6.07) is 9.22. The zero-order valence-corrected chi connectivity index (χ0v) is 14.3. The molecule has 0 fully saturated rings. The van der Waals surface area contributed by atoms with Crippen molar-refractivity contribution in [3.63, 3.8) is 0 Å². The molecular formula is C18H16ClN3O2. The highest BCUT2D eigenvalue weighted by atomic mass is 35.5. The molecule has 0 aliphatic heterocycles. The van der Waals surface area contributed by atoms with Gasteiger partial charge < -0.3 is 4.74 Å². The number of nitrogens with zero attached hydrogens (tertiary/aromatic N) is 3. The minimum absolute atomic E-state index is 0.123. The van der Waals surface area contributed by atoms with Crippen molar-refractivity contribution >= 4 is 28.7 Å². The third-order valence-electron chi connectivity index (χ3n) is 3.70. The maximum atomic E-state index is 12.0. The average Bonchev–Trinajstić information content (AvgIpc) is 2.56. The number of ketones is 1. The van der Waals surface area contributed by atoms with E-state index in [1.54, 1.807) is 23.9 Å². The fourth-order valence-corrected chi connectivity index (χ4v) is 2.55. The lowest BCUT2D eigenvalue weighted by Gasteiger charge is -2.09. The summed E-state index contributed by atoms with van der Waals surface area (Å²) in [5.41, 5.74) is 3.08. The molecule has 0 aliphatic carbocycles. The van der Waals surface area contributed by atoms with Crippen LogP contribution in [0.3, 0.4) is 0 Å². The summed E-state index contributed by atoms with van der Waals surface area (Å²) in [5, 5.41) is 0.575. The van der Waals surface area contributed by atoms with E-state index in [9.17, 15) is 4.79 Å². The van der Waals surface area contributed by atoms with E-state index < -0.39 is 0 Å². The largest absolute Gasteiger partial charge is 0.494 e. The number of Topliss-reactive ketones (excluding diaryl/α,β-unsaturated/α-hetero) is 1. The van der Waals surface area contributed by atoms with E-state index in [0.717, 1.165) is 5.56 Å². The fraction of sp³-hybridized carbons (Fsp3) is 0.167. The smallest absolute Gasteiger partial charge is 0.165 e. The Hall–Kier alpha value is -2.66. The Labute approximate surface area is 144 Å². The summed E-state index contributed by atoms with van der Waals surface area (Å²) >= 11 is 6.25. The number of methoxy groups -OCH3 is 1. The average molecular weight is 342 g/mol. The van der Waals surface area contributed by atoms with Gasteiger partial charge in [0.15, 0.2) is 11.3 Å². The molecule has 0 aliphatic rings. The predicted molar refractivity (Wildman–Crippen MR) is 93.2 cm³/mol. The molecule has 0 amide bonds. The van der Waals surface area contributed by atoms with Gasteiger partial charge in [-0.2, -0.15) is 0 Å². The molecule has 1 aromatic carbocycles. The molecule has 0 saturated heterocycles. The van der Waals surface area contributed by atoms with E-state index in [1.165, 1.54) is 6.92 Å². The molecule has 3 rings (SSSR count). The number of halogens is 1. The van der Waals surface area contributed by atoms with Crippen LogP contribution in [0.2, 0.25) is 5.02 Å². The number of carbonyl (C=O) groups excluding carboxylic acids is 1. The molecule has 122 valence electrons. The lowest BCUT2D eigenvalue weighted by molar-refractivity contribution is 0.101. The second-order valence-corrected chi connectivity index (χ2v) is 5.78. The van der Waals surface area contributed by atoms with Crippen LogP contribution in [0.5, 0.6) is 5.75 Å². The lowest BCUT2D eigenvalue weighted by Crippen LogP contribution is -2.23. The molecule has 5 nitrogen and oxygen atoms in total. The third-order valence-corrected chi connectivity index (χ3v) is 4.09. The number of para-hydroxylation sites is 2. The van der Waals surface area contributed by atoms with Gasteiger partial charge in [-0.15, -0.1) is 0 Å². The van der Waals surface area contributed by atoms with Crippen LogP contribution in [0.1, 0.15) is 22.8 Å². The molecule has 0 atom stereocenters. The van der Waals surface area contributed by atoms with Crippen molar-refractivity contribution in [3.8, 4) is 5.75 Å².